The highest BCUT2D eigenvalue weighted by Crippen LogP contribution is 1.91. The van der Waals surface area contributed by atoms with Gasteiger partial charge in [0.15, 0.2) is 0 Å². The minimum absolute atomic E-state index is 0.691. The van der Waals surface area contributed by atoms with Crippen molar-refractivity contribution in [3.63, 3.8) is 0 Å². The summed E-state index contributed by atoms with van der Waals surface area (Å²) in [6, 6.07) is 0. The van der Waals surface area contributed by atoms with Gasteiger partial charge in [-0.2, -0.15) is 0 Å². The van der Waals surface area contributed by atoms with Gasteiger partial charge in [0.1, 0.15) is 0 Å². The summed E-state index contributed by atoms with van der Waals surface area (Å²) in [5, 5.41) is 3.34. The Morgan fingerprint density at radius 2 is 2.08 bits per heavy atom. The van der Waals surface area contributed by atoms with Crippen LogP contribution in [0.5, 0.6) is 0 Å². The lowest BCUT2D eigenvalue weighted by Crippen LogP contribution is -2.21. The summed E-state index contributed by atoms with van der Waals surface area (Å²) < 4.78 is 5.34. The molecular formula is C11H23NO. The molecule has 0 aromatic rings. The fraction of sp³-hybridized carbons (Fsp3) is 0.818. The van der Waals surface area contributed by atoms with Gasteiger partial charge in [-0.05, 0) is 19.9 Å². The summed E-state index contributed by atoms with van der Waals surface area (Å²) in [7, 11) is 0. The minimum Gasteiger partial charge on any atom is -0.376 e. The van der Waals surface area contributed by atoms with Crippen LogP contribution in [0, 0.1) is 0 Å². The van der Waals surface area contributed by atoms with Crippen molar-refractivity contribution in [3.05, 3.63) is 12.2 Å². The zero-order valence-corrected chi connectivity index (χ0v) is 9.07. The highest BCUT2D eigenvalue weighted by atomic mass is 16.5. The van der Waals surface area contributed by atoms with E-state index in [-0.39, 0.29) is 0 Å². The van der Waals surface area contributed by atoms with Gasteiger partial charge in [0.25, 0.3) is 0 Å². The van der Waals surface area contributed by atoms with Gasteiger partial charge in [0.05, 0.1) is 13.2 Å². The third-order valence-corrected chi connectivity index (χ3v) is 1.73. The lowest BCUT2D eigenvalue weighted by atomic mass is 10.2. The van der Waals surface area contributed by atoms with Crippen molar-refractivity contribution < 1.29 is 4.74 Å². The summed E-state index contributed by atoms with van der Waals surface area (Å²) in [6.07, 6.45) is 3.88. The summed E-state index contributed by atoms with van der Waals surface area (Å²) in [6.45, 7) is 11.5. The van der Waals surface area contributed by atoms with E-state index >= 15 is 0 Å². The smallest absolute Gasteiger partial charge is 0.0672 e. The summed E-state index contributed by atoms with van der Waals surface area (Å²) in [4.78, 5) is 0. The van der Waals surface area contributed by atoms with Crippen molar-refractivity contribution in [1.29, 1.82) is 0 Å². The molecule has 0 aliphatic rings. The van der Waals surface area contributed by atoms with Crippen molar-refractivity contribution in [1.82, 2.24) is 5.32 Å². The van der Waals surface area contributed by atoms with Crippen LogP contribution in [0.4, 0.5) is 0 Å². The van der Waals surface area contributed by atoms with Crippen LogP contribution in [0.1, 0.15) is 33.1 Å². The highest BCUT2D eigenvalue weighted by Gasteiger charge is 1.89. The standard InChI is InChI=1S/C11H23NO/c1-4-5-6-7-12-8-9-13-10-11(2)3/h12H,2,4-10H2,1,3H3. The largest absolute Gasteiger partial charge is 0.376 e. The molecule has 0 aliphatic heterocycles. The molecule has 0 atom stereocenters. The molecule has 0 fully saturated rings. The molecule has 2 nitrogen and oxygen atoms in total. The van der Waals surface area contributed by atoms with Crippen LogP contribution in [0.2, 0.25) is 0 Å². The first-order valence-corrected chi connectivity index (χ1v) is 5.20. The number of rotatable bonds is 9. The first-order chi connectivity index (χ1) is 6.27. The van der Waals surface area contributed by atoms with Crippen LogP contribution in [-0.2, 0) is 4.74 Å². The Bertz CT molecular complexity index is 123. The topological polar surface area (TPSA) is 21.3 Å². The van der Waals surface area contributed by atoms with Gasteiger partial charge < -0.3 is 10.1 Å². The van der Waals surface area contributed by atoms with Crippen molar-refractivity contribution >= 4 is 0 Å². The molecular weight excluding hydrogens is 162 g/mol. The predicted molar refractivity (Wildman–Crippen MR) is 58.0 cm³/mol. The van der Waals surface area contributed by atoms with Crippen molar-refractivity contribution in [2.24, 2.45) is 0 Å². The lowest BCUT2D eigenvalue weighted by molar-refractivity contribution is 0.158. The van der Waals surface area contributed by atoms with Crippen LogP contribution < -0.4 is 5.32 Å². The summed E-state index contributed by atoms with van der Waals surface area (Å²) >= 11 is 0. The monoisotopic (exact) mass is 185 g/mol. The van der Waals surface area contributed by atoms with Gasteiger partial charge in [-0.15, -0.1) is 0 Å². The molecule has 0 amide bonds. The third-order valence-electron chi connectivity index (χ3n) is 1.73. The lowest BCUT2D eigenvalue weighted by Gasteiger charge is -2.05. The quantitative estimate of drug-likeness (QED) is 0.440. The molecule has 78 valence electrons. The number of unbranched alkanes of at least 4 members (excludes halogenated alkanes) is 2. The molecule has 1 N–H and O–H groups in total. The van der Waals surface area contributed by atoms with Crippen molar-refractivity contribution in [2.45, 2.75) is 33.1 Å². The van der Waals surface area contributed by atoms with Gasteiger partial charge in [-0.1, -0.05) is 31.9 Å². The van der Waals surface area contributed by atoms with E-state index in [1.165, 1.54) is 19.3 Å². The molecule has 0 saturated carbocycles. The molecule has 0 aliphatic carbocycles. The second-order valence-corrected chi connectivity index (χ2v) is 3.47. The molecule has 13 heavy (non-hydrogen) atoms. The minimum atomic E-state index is 0.691. The van der Waals surface area contributed by atoms with E-state index in [1.807, 2.05) is 6.92 Å². The Kier molecular flexibility index (Phi) is 9.49. The molecule has 0 aromatic carbocycles. The second kappa shape index (κ2) is 9.75. The number of ether oxygens (including phenoxy) is 1. The Morgan fingerprint density at radius 3 is 2.69 bits per heavy atom. The SMILES string of the molecule is C=C(C)COCCNCCCCC. The molecule has 0 heterocycles. The Morgan fingerprint density at radius 1 is 1.31 bits per heavy atom. The van der Waals surface area contributed by atoms with E-state index in [1.54, 1.807) is 0 Å². The fourth-order valence-corrected chi connectivity index (χ4v) is 1.02. The molecule has 0 rings (SSSR count). The van der Waals surface area contributed by atoms with Crippen LogP contribution in [0.25, 0.3) is 0 Å². The first-order valence-electron chi connectivity index (χ1n) is 5.20. The average Bonchev–Trinajstić information content (AvgIpc) is 2.09. The van der Waals surface area contributed by atoms with E-state index in [0.717, 1.165) is 25.3 Å². The zero-order valence-electron chi connectivity index (χ0n) is 9.07. The maximum Gasteiger partial charge on any atom is 0.0672 e. The van der Waals surface area contributed by atoms with Crippen molar-refractivity contribution in [2.75, 3.05) is 26.3 Å². The Hall–Kier alpha value is -0.340. The van der Waals surface area contributed by atoms with Crippen LogP contribution in [0.3, 0.4) is 0 Å². The molecule has 0 bridgehead atoms. The van der Waals surface area contributed by atoms with Gasteiger partial charge in [-0.25, -0.2) is 0 Å². The van der Waals surface area contributed by atoms with E-state index in [0.29, 0.717) is 6.61 Å². The van der Waals surface area contributed by atoms with E-state index in [2.05, 4.69) is 18.8 Å². The zero-order chi connectivity index (χ0) is 9.94. The van der Waals surface area contributed by atoms with Crippen LogP contribution in [-0.4, -0.2) is 26.3 Å². The highest BCUT2D eigenvalue weighted by molar-refractivity contribution is 4.87. The normalized spacial score (nSPS) is 10.3. The van der Waals surface area contributed by atoms with Crippen LogP contribution in [0.15, 0.2) is 12.2 Å². The Labute approximate surface area is 82.4 Å². The van der Waals surface area contributed by atoms with Gasteiger partial charge in [0, 0.05) is 6.54 Å². The third kappa shape index (κ3) is 11.7. The molecule has 2 heteroatoms. The number of hydrogen-bond acceptors (Lipinski definition) is 2. The number of hydrogen-bond donors (Lipinski definition) is 1. The molecule has 0 spiro atoms. The van der Waals surface area contributed by atoms with Gasteiger partial charge >= 0.3 is 0 Å². The summed E-state index contributed by atoms with van der Waals surface area (Å²) in [5.74, 6) is 0. The van der Waals surface area contributed by atoms with E-state index < -0.39 is 0 Å². The molecule has 0 radical (unpaired) electrons. The number of nitrogens with one attached hydrogen (secondary N) is 1. The van der Waals surface area contributed by atoms with E-state index in [9.17, 15) is 0 Å². The van der Waals surface area contributed by atoms with Gasteiger partial charge in [0.2, 0.25) is 0 Å². The fourth-order valence-electron chi connectivity index (χ4n) is 1.02. The van der Waals surface area contributed by atoms with Gasteiger partial charge in [-0.3, -0.25) is 0 Å². The van der Waals surface area contributed by atoms with E-state index in [4.69, 9.17) is 4.74 Å². The maximum absolute atomic E-state index is 5.34. The average molecular weight is 185 g/mol. The molecule has 0 aromatic heterocycles. The summed E-state index contributed by atoms with van der Waals surface area (Å²) in [5.41, 5.74) is 1.09. The molecule has 0 unspecified atom stereocenters. The molecule has 0 saturated heterocycles. The van der Waals surface area contributed by atoms with Crippen LogP contribution >= 0.6 is 0 Å². The second-order valence-electron chi connectivity index (χ2n) is 3.47. The first kappa shape index (κ1) is 12.7. The predicted octanol–water partition coefficient (Wildman–Crippen LogP) is 2.36. The Balaban J connectivity index is 2.87. The van der Waals surface area contributed by atoms with Crippen molar-refractivity contribution in [3.8, 4) is 0 Å². The maximum atomic E-state index is 5.34.